The molecule has 0 spiro atoms. The number of carbonyl (C=O) groups excluding carboxylic acids is 1. The molecule has 0 saturated carbocycles. The van der Waals surface area contributed by atoms with E-state index < -0.39 is 5.41 Å². The number of carbonyl (C=O) groups is 1. The maximum Gasteiger partial charge on any atom is 0.312 e. The highest BCUT2D eigenvalue weighted by Crippen LogP contribution is 2.37. The van der Waals surface area contributed by atoms with Gasteiger partial charge in [-0.3, -0.25) is 9.69 Å². The number of ether oxygens (including phenoxy) is 1. The lowest BCUT2D eigenvalue weighted by Crippen LogP contribution is -2.46. The van der Waals surface area contributed by atoms with Crippen molar-refractivity contribution in [2.75, 3.05) is 20.2 Å². The van der Waals surface area contributed by atoms with E-state index in [-0.39, 0.29) is 5.97 Å². The number of piperidine rings is 1. The van der Waals surface area contributed by atoms with Crippen LogP contribution in [0.25, 0.3) is 0 Å². The first kappa shape index (κ1) is 22.8. The lowest BCUT2D eigenvalue weighted by atomic mass is 9.73. The monoisotopic (exact) mass is 442 g/mol. The van der Waals surface area contributed by atoms with Gasteiger partial charge in [0.1, 0.15) is 0 Å². The predicted octanol–water partition coefficient (Wildman–Crippen LogP) is 4.11. The molecule has 0 aliphatic carbocycles. The molecule has 6 heteroatoms. The normalized spacial score (nSPS) is 15.7. The zero-order valence-corrected chi connectivity index (χ0v) is 19.3. The van der Waals surface area contributed by atoms with Crippen LogP contribution in [0.5, 0.6) is 0 Å². The van der Waals surface area contributed by atoms with Crippen molar-refractivity contribution in [1.29, 1.82) is 5.26 Å². The predicted molar refractivity (Wildman–Crippen MR) is 126 cm³/mol. The van der Waals surface area contributed by atoms with Gasteiger partial charge in [0.15, 0.2) is 0 Å². The largest absolute Gasteiger partial charge is 0.469 e. The number of nitrogens with zero attached hydrogens (tertiary/aromatic N) is 4. The number of methoxy groups -OCH3 is 1. The fourth-order valence-electron chi connectivity index (χ4n) is 4.75. The van der Waals surface area contributed by atoms with Crippen LogP contribution in [0.1, 0.15) is 40.8 Å². The Kier molecular flexibility index (Phi) is 6.90. The first-order valence-electron chi connectivity index (χ1n) is 11.4. The third kappa shape index (κ3) is 5.32. The maximum absolute atomic E-state index is 12.8. The zero-order chi connectivity index (χ0) is 23.3. The highest BCUT2D eigenvalue weighted by Gasteiger charge is 2.42. The van der Waals surface area contributed by atoms with Crippen molar-refractivity contribution in [3.8, 4) is 6.07 Å². The molecule has 1 fully saturated rings. The van der Waals surface area contributed by atoms with Gasteiger partial charge in [0.25, 0.3) is 0 Å². The highest BCUT2D eigenvalue weighted by atomic mass is 16.5. The van der Waals surface area contributed by atoms with Crippen molar-refractivity contribution in [1.82, 2.24) is 14.5 Å². The molecule has 2 aromatic carbocycles. The molecule has 0 bridgehead atoms. The molecule has 170 valence electrons. The van der Waals surface area contributed by atoms with Crippen molar-refractivity contribution in [3.05, 3.63) is 89.0 Å². The molecule has 1 aromatic heterocycles. The molecular formula is C27H30N4O2. The second kappa shape index (κ2) is 10.0. The molecule has 1 aliphatic rings. The van der Waals surface area contributed by atoms with E-state index in [2.05, 4.69) is 51.7 Å². The van der Waals surface area contributed by atoms with Crippen LogP contribution < -0.4 is 0 Å². The molecule has 0 unspecified atom stereocenters. The highest BCUT2D eigenvalue weighted by molar-refractivity contribution is 5.77. The molecule has 2 heterocycles. The van der Waals surface area contributed by atoms with Crippen molar-refractivity contribution in [2.45, 2.75) is 39.3 Å². The number of imidazole rings is 1. The lowest BCUT2D eigenvalue weighted by molar-refractivity contribution is -0.156. The Morgan fingerprint density at radius 1 is 1.12 bits per heavy atom. The number of aromatic nitrogens is 2. The van der Waals surface area contributed by atoms with Crippen LogP contribution in [0.4, 0.5) is 0 Å². The van der Waals surface area contributed by atoms with E-state index >= 15 is 0 Å². The van der Waals surface area contributed by atoms with Gasteiger partial charge in [-0.1, -0.05) is 42.0 Å². The molecule has 0 N–H and O–H groups in total. The van der Waals surface area contributed by atoms with Crippen LogP contribution >= 0.6 is 0 Å². The van der Waals surface area contributed by atoms with E-state index in [1.165, 1.54) is 18.2 Å². The van der Waals surface area contributed by atoms with Crippen LogP contribution in [0, 0.1) is 23.7 Å². The zero-order valence-electron chi connectivity index (χ0n) is 19.3. The number of hydrogen-bond acceptors (Lipinski definition) is 5. The third-order valence-electron chi connectivity index (χ3n) is 6.68. The number of rotatable bonds is 7. The Bertz CT molecular complexity index is 1140. The Morgan fingerprint density at radius 3 is 2.55 bits per heavy atom. The average molecular weight is 443 g/mol. The Labute approximate surface area is 195 Å². The minimum atomic E-state index is -0.470. The number of esters is 1. The summed E-state index contributed by atoms with van der Waals surface area (Å²) in [5, 5.41) is 8.99. The lowest BCUT2D eigenvalue weighted by Gasteiger charge is -2.40. The average Bonchev–Trinajstić information content (AvgIpc) is 3.26. The molecular weight excluding hydrogens is 412 g/mol. The van der Waals surface area contributed by atoms with E-state index in [0.29, 0.717) is 18.5 Å². The fourth-order valence-corrected chi connectivity index (χ4v) is 4.75. The number of hydrogen-bond donors (Lipinski definition) is 0. The quantitative estimate of drug-likeness (QED) is 0.515. The van der Waals surface area contributed by atoms with E-state index in [4.69, 9.17) is 10.00 Å². The Balaban J connectivity index is 1.41. The van der Waals surface area contributed by atoms with Crippen LogP contribution in [0.3, 0.4) is 0 Å². The van der Waals surface area contributed by atoms with E-state index in [9.17, 15) is 4.79 Å². The topological polar surface area (TPSA) is 71.2 Å². The van der Waals surface area contributed by atoms with E-state index in [0.717, 1.165) is 43.7 Å². The summed E-state index contributed by atoms with van der Waals surface area (Å²) in [7, 11) is 1.49. The van der Waals surface area contributed by atoms with Gasteiger partial charge < -0.3 is 9.30 Å². The SMILES string of the molecule is COC(=O)C1(Cc2cccc(C)c2)CCN(Cc2cncn2Cc2ccc(C#N)cc2)CC1. The summed E-state index contributed by atoms with van der Waals surface area (Å²) in [6.07, 6.45) is 6.03. The minimum absolute atomic E-state index is 0.102. The van der Waals surface area contributed by atoms with Gasteiger partial charge in [-0.15, -0.1) is 0 Å². The van der Waals surface area contributed by atoms with Crippen molar-refractivity contribution >= 4 is 5.97 Å². The van der Waals surface area contributed by atoms with Gasteiger partial charge in [-0.25, -0.2) is 4.98 Å². The second-order valence-corrected chi connectivity index (χ2v) is 9.04. The number of nitriles is 1. The van der Waals surface area contributed by atoms with E-state index in [1.54, 1.807) is 0 Å². The number of benzene rings is 2. The van der Waals surface area contributed by atoms with Crippen LogP contribution in [0.2, 0.25) is 0 Å². The molecule has 33 heavy (non-hydrogen) atoms. The number of likely N-dealkylation sites (tertiary alicyclic amines) is 1. The summed E-state index contributed by atoms with van der Waals surface area (Å²) in [5.41, 5.74) is 4.87. The summed E-state index contributed by atoms with van der Waals surface area (Å²) < 4.78 is 7.40. The maximum atomic E-state index is 12.8. The molecule has 3 aromatic rings. The van der Waals surface area contributed by atoms with Crippen molar-refractivity contribution in [3.63, 3.8) is 0 Å². The molecule has 6 nitrogen and oxygen atoms in total. The summed E-state index contributed by atoms with van der Waals surface area (Å²) in [6.45, 7) is 5.26. The van der Waals surface area contributed by atoms with Gasteiger partial charge in [0, 0.05) is 19.3 Å². The Hall–Kier alpha value is -3.43. The van der Waals surface area contributed by atoms with Crippen LogP contribution in [-0.2, 0) is 29.0 Å². The van der Waals surface area contributed by atoms with Crippen LogP contribution in [-0.4, -0.2) is 40.6 Å². The minimum Gasteiger partial charge on any atom is -0.469 e. The van der Waals surface area contributed by atoms with Gasteiger partial charge in [0.2, 0.25) is 0 Å². The van der Waals surface area contributed by atoms with Crippen molar-refractivity contribution < 1.29 is 9.53 Å². The summed E-state index contributed by atoms with van der Waals surface area (Å²) >= 11 is 0. The molecule has 0 atom stereocenters. The third-order valence-corrected chi connectivity index (χ3v) is 6.68. The summed E-state index contributed by atoms with van der Waals surface area (Å²) in [5.74, 6) is -0.102. The number of aryl methyl sites for hydroxylation is 1. The second-order valence-electron chi connectivity index (χ2n) is 9.04. The summed E-state index contributed by atoms with van der Waals surface area (Å²) in [6, 6.07) is 18.2. The van der Waals surface area contributed by atoms with Crippen LogP contribution in [0.15, 0.2) is 61.1 Å². The molecule has 1 saturated heterocycles. The first-order chi connectivity index (χ1) is 16.0. The van der Waals surface area contributed by atoms with Gasteiger partial charge in [0.05, 0.1) is 36.2 Å². The smallest absolute Gasteiger partial charge is 0.312 e. The van der Waals surface area contributed by atoms with Gasteiger partial charge in [-0.2, -0.15) is 5.26 Å². The van der Waals surface area contributed by atoms with Gasteiger partial charge in [-0.05, 0) is 62.5 Å². The Morgan fingerprint density at radius 2 is 1.88 bits per heavy atom. The van der Waals surface area contributed by atoms with Gasteiger partial charge >= 0.3 is 5.97 Å². The fraction of sp³-hybridized carbons (Fsp3) is 0.370. The first-order valence-corrected chi connectivity index (χ1v) is 11.4. The standard InChI is InChI=1S/C27H30N4O2/c1-21-4-3-5-24(14-21)15-27(26(32)33-2)10-12-30(13-11-27)19-25-17-29-20-31(25)18-23-8-6-22(16-28)7-9-23/h3-9,14,17,20H,10-13,15,18-19H2,1-2H3. The molecule has 0 amide bonds. The molecule has 0 radical (unpaired) electrons. The summed E-state index contributed by atoms with van der Waals surface area (Å²) in [4.78, 5) is 19.6. The van der Waals surface area contributed by atoms with Crippen molar-refractivity contribution in [2.24, 2.45) is 5.41 Å². The molecule has 4 rings (SSSR count). The van der Waals surface area contributed by atoms with E-state index in [1.807, 2.05) is 36.8 Å². The molecule has 1 aliphatic heterocycles.